The molecule has 0 amide bonds. The van der Waals surface area contributed by atoms with Crippen LogP contribution in [0.3, 0.4) is 0 Å². The van der Waals surface area contributed by atoms with E-state index in [4.69, 9.17) is 0 Å². The third-order valence-corrected chi connectivity index (χ3v) is 4.19. The molecule has 0 spiro atoms. The molecule has 4 aromatic rings. The second kappa shape index (κ2) is 6.79. The largest absolute Gasteiger partial charge is 0.573 e. The van der Waals surface area contributed by atoms with E-state index in [1.165, 1.54) is 18.5 Å². The number of aromatic nitrogens is 4. The third kappa shape index (κ3) is 3.94. The number of alkyl halides is 3. The lowest BCUT2D eigenvalue weighted by atomic mass is 10.0. The lowest BCUT2D eigenvalue weighted by Crippen LogP contribution is -2.16. The average Bonchev–Trinajstić information content (AvgIpc) is 3.28. The van der Waals surface area contributed by atoms with E-state index in [1.54, 1.807) is 23.1 Å². The second-order valence-corrected chi connectivity index (χ2v) is 6.05. The smallest absolute Gasteiger partial charge is 0.406 e. The molecule has 0 saturated heterocycles. The van der Waals surface area contributed by atoms with Crippen LogP contribution in [-0.4, -0.2) is 26.1 Å². The van der Waals surface area contributed by atoms with Gasteiger partial charge in [0.2, 0.25) is 0 Å². The van der Waals surface area contributed by atoms with Gasteiger partial charge in [0.25, 0.3) is 0 Å². The van der Waals surface area contributed by atoms with Crippen LogP contribution in [0.2, 0.25) is 0 Å². The SMILES string of the molecule is FC(F)(F)Oc1ccc(-c2cccc3cc(CCn4cncn4)[nH]c23)cc1. The number of aromatic amines is 1. The summed E-state index contributed by atoms with van der Waals surface area (Å²) in [5, 5.41) is 5.12. The Labute approximate surface area is 152 Å². The van der Waals surface area contributed by atoms with Crippen molar-refractivity contribution in [2.24, 2.45) is 0 Å². The Morgan fingerprint density at radius 3 is 2.59 bits per heavy atom. The number of nitrogens with zero attached hydrogens (tertiary/aromatic N) is 3. The van der Waals surface area contributed by atoms with E-state index in [0.29, 0.717) is 6.54 Å². The Morgan fingerprint density at radius 2 is 1.89 bits per heavy atom. The first kappa shape index (κ1) is 17.1. The number of para-hydroxylation sites is 1. The van der Waals surface area contributed by atoms with Gasteiger partial charge in [-0.1, -0.05) is 30.3 Å². The molecule has 5 nitrogen and oxygen atoms in total. The number of hydrogen-bond acceptors (Lipinski definition) is 3. The number of benzene rings is 2. The maximum absolute atomic E-state index is 12.3. The highest BCUT2D eigenvalue weighted by Crippen LogP contribution is 2.31. The summed E-state index contributed by atoms with van der Waals surface area (Å²) >= 11 is 0. The summed E-state index contributed by atoms with van der Waals surface area (Å²) in [6, 6.07) is 13.8. The first-order valence-corrected chi connectivity index (χ1v) is 8.27. The second-order valence-electron chi connectivity index (χ2n) is 6.05. The zero-order valence-electron chi connectivity index (χ0n) is 14.1. The number of halogens is 3. The van der Waals surface area contributed by atoms with Gasteiger partial charge in [-0.25, -0.2) is 4.98 Å². The van der Waals surface area contributed by atoms with Gasteiger partial charge in [0.05, 0.1) is 5.52 Å². The van der Waals surface area contributed by atoms with E-state index >= 15 is 0 Å². The first-order valence-electron chi connectivity index (χ1n) is 8.27. The van der Waals surface area contributed by atoms with Gasteiger partial charge >= 0.3 is 6.36 Å². The third-order valence-electron chi connectivity index (χ3n) is 4.19. The summed E-state index contributed by atoms with van der Waals surface area (Å²) in [7, 11) is 0. The Balaban J connectivity index is 1.60. The molecule has 0 unspecified atom stereocenters. The predicted molar refractivity (Wildman–Crippen MR) is 94.1 cm³/mol. The maximum Gasteiger partial charge on any atom is 0.573 e. The van der Waals surface area contributed by atoms with E-state index in [1.807, 2.05) is 18.2 Å². The highest BCUT2D eigenvalue weighted by atomic mass is 19.4. The highest BCUT2D eigenvalue weighted by Gasteiger charge is 2.30. The Morgan fingerprint density at radius 1 is 1.07 bits per heavy atom. The fourth-order valence-electron chi connectivity index (χ4n) is 3.01. The molecular formula is C19H15F3N4O. The number of fused-ring (bicyclic) bond motifs is 1. The van der Waals surface area contributed by atoms with Gasteiger partial charge in [-0.3, -0.25) is 4.68 Å². The van der Waals surface area contributed by atoms with E-state index in [-0.39, 0.29) is 5.75 Å². The van der Waals surface area contributed by atoms with Crippen LogP contribution in [0.25, 0.3) is 22.0 Å². The molecule has 0 bridgehead atoms. The van der Waals surface area contributed by atoms with Gasteiger partial charge in [-0.2, -0.15) is 5.10 Å². The van der Waals surface area contributed by atoms with Crippen molar-refractivity contribution in [3.63, 3.8) is 0 Å². The number of aryl methyl sites for hydroxylation is 2. The lowest BCUT2D eigenvalue weighted by Gasteiger charge is -2.09. The summed E-state index contributed by atoms with van der Waals surface area (Å²) in [4.78, 5) is 7.33. The van der Waals surface area contributed by atoms with E-state index < -0.39 is 6.36 Å². The average molecular weight is 372 g/mol. The lowest BCUT2D eigenvalue weighted by molar-refractivity contribution is -0.274. The molecule has 0 aliphatic heterocycles. The molecule has 0 aliphatic rings. The van der Waals surface area contributed by atoms with Crippen molar-refractivity contribution < 1.29 is 17.9 Å². The number of ether oxygens (including phenoxy) is 1. The van der Waals surface area contributed by atoms with Crippen LogP contribution < -0.4 is 4.74 Å². The fourth-order valence-corrected chi connectivity index (χ4v) is 3.01. The molecule has 138 valence electrons. The predicted octanol–water partition coefficient (Wildman–Crippen LogP) is 4.57. The van der Waals surface area contributed by atoms with Crippen molar-refractivity contribution in [1.29, 1.82) is 0 Å². The van der Waals surface area contributed by atoms with Crippen molar-refractivity contribution in [2.75, 3.05) is 0 Å². The molecule has 4 rings (SSSR count). The van der Waals surface area contributed by atoms with Gasteiger partial charge in [0.1, 0.15) is 18.4 Å². The molecule has 8 heteroatoms. The molecule has 2 aromatic heterocycles. The summed E-state index contributed by atoms with van der Waals surface area (Å²) in [6.45, 7) is 0.700. The molecule has 0 atom stereocenters. The monoisotopic (exact) mass is 372 g/mol. The van der Waals surface area contributed by atoms with Crippen molar-refractivity contribution in [1.82, 2.24) is 19.7 Å². The normalized spacial score (nSPS) is 11.8. The van der Waals surface area contributed by atoms with Crippen molar-refractivity contribution in [3.05, 3.63) is 66.9 Å². The summed E-state index contributed by atoms with van der Waals surface area (Å²) < 4.78 is 42.6. The van der Waals surface area contributed by atoms with Crippen LogP contribution in [0.5, 0.6) is 5.75 Å². The van der Waals surface area contributed by atoms with Gasteiger partial charge in [0, 0.05) is 29.6 Å². The minimum Gasteiger partial charge on any atom is -0.406 e. The molecule has 2 aromatic carbocycles. The Kier molecular flexibility index (Phi) is 4.31. The molecule has 0 saturated carbocycles. The first-order chi connectivity index (χ1) is 13.0. The van der Waals surface area contributed by atoms with Gasteiger partial charge < -0.3 is 9.72 Å². The van der Waals surface area contributed by atoms with Gasteiger partial charge in [0.15, 0.2) is 0 Å². The molecule has 2 heterocycles. The van der Waals surface area contributed by atoms with Crippen LogP contribution in [0, 0.1) is 0 Å². The fraction of sp³-hybridized carbons (Fsp3) is 0.158. The molecule has 0 aliphatic carbocycles. The number of H-pyrrole nitrogens is 1. The zero-order chi connectivity index (χ0) is 18.9. The van der Waals surface area contributed by atoms with Gasteiger partial charge in [-0.15, -0.1) is 13.2 Å². The maximum atomic E-state index is 12.3. The molecule has 27 heavy (non-hydrogen) atoms. The van der Waals surface area contributed by atoms with Crippen LogP contribution >= 0.6 is 0 Å². The van der Waals surface area contributed by atoms with Crippen LogP contribution in [0.1, 0.15) is 5.69 Å². The van der Waals surface area contributed by atoms with E-state index in [2.05, 4.69) is 25.9 Å². The minimum absolute atomic E-state index is 0.238. The molecule has 1 N–H and O–H groups in total. The quantitative estimate of drug-likeness (QED) is 0.558. The number of rotatable bonds is 5. The van der Waals surface area contributed by atoms with Crippen molar-refractivity contribution in [2.45, 2.75) is 19.3 Å². The highest BCUT2D eigenvalue weighted by molar-refractivity contribution is 5.94. The van der Waals surface area contributed by atoms with Crippen LogP contribution in [-0.2, 0) is 13.0 Å². The van der Waals surface area contributed by atoms with Gasteiger partial charge in [-0.05, 0) is 23.8 Å². The van der Waals surface area contributed by atoms with E-state index in [9.17, 15) is 13.2 Å². The summed E-state index contributed by atoms with van der Waals surface area (Å²) in [5.74, 6) is -0.238. The van der Waals surface area contributed by atoms with Crippen molar-refractivity contribution >= 4 is 10.9 Å². The van der Waals surface area contributed by atoms with Crippen molar-refractivity contribution in [3.8, 4) is 16.9 Å². The Bertz CT molecular complexity index is 1040. The summed E-state index contributed by atoms with van der Waals surface area (Å²) in [5.41, 5.74) is 3.71. The van der Waals surface area contributed by atoms with E-state index in [0.717, 1.165) is 34.1 Å². The van der Waals surface area contributed by atoms with Crippen LogP contribution in [0.4, 0.5) is 13.2 Å². The standard InChI is InChI=1S/C19H15F3N4O/c20-19(21,22)27-16-6-4-13(5-7-16)17-3-1-2-14-10-15(25-18(14)17)8-9-26-12-23-11-24-26/h1-7,10-12,25H,8-9H2. The molecule has 0 radical (unpaired) electrons. The topological polar surface area (TPSA) is 55.7 Å². The molecule has 0 fully saturated rings. The van der Waals surface area contributed by atoms with Crippen LogP contribution in [0.15, 0.2) is 61.2 Å². The molecular weight excluding hydrogens is 357 g/mol. The Hall–Kier alpha value is -3.29. The number of nitrogens with one attached hydrogen (secondary N) is 1. The minimum atomic E-state index is -4.69. The zero-order valence-corrected chi connectivity index (χ0v) is 14.1. The summed E-state index contributed by atoms with van der Waals surface area (Å²) in [6.07, 6.45) is -0.774. The number of hydrogen-bond donors (Lipinski definition) is 1.